The van der Waals surface area contributed by atoms with E-state index in [2.05, 4.69) is 11.4 Å². The van der Waals surface area contributed by atoms with Crippen LogP contribution in [0.5, 0.6) is 5.75 Å². The van der Waals surface area contributed by atoms with E-state index in [1.54, 1.807) is 6.07 Å². The summed E-state index contributed by atoms with van der Waals surface area (Å²) in [5, 5.41) is 12.6. The van der Waals surface area contributed by atoms with Gasteiger partial charge in [0.25, 0.3) is 11.8 Å². The van der Waals surface area contributed by atoms with Gasteiger partial charge >= 0.3 is 0 Å². The first-order valence-electron chi connectivity index (χ1n) is 7.90. The molecule has 1 aliphatic carbocycles. The Hall–Kier alpha value is -2.26. The van der Waals surface area contributed by atoms with E-state index in [0.717, 1.165) is 25.7 Å². The minimum Gasteiger partial charge on any atom is -0.483 e. The highest BCUT2D eigenvalue weighted by Gasteiger charge is 2.32. The van der Waals surface area contributed by atoms with E-state index in [4.69, 9.17) is 22.1 Å². The molecule has 7 heteroatoms. The van der Waals surface area contributed by atoms with Crippen LogP contribution in [0, 0.1) is 11.3 Å². The molecule has 1 saturated carbocycles. The van der Waals surface area contributed by atoms with Gasteiger partial charge < -0.3 is 15.8 Å². The van der Waals surface area contributed by atoms with E-state index in [-0.39, 0.29) is 17.9 Å². The molecule has 2 amide bonds. The number of nitrogens with two attached hydrogens (primary N) is 1. The fraction of sp³-hybridized carbons (Fsp3) is 0.471. The Morgan fingerprint density at radius 1 is 1.29 bits per heavy atom. The van der Waals surface area contributed by atoms with Gasteiger partial charge in [-0.05, 0) is 31.0 Å². The van der Waals surface area contributed by atoms with Crippen molar-refractivity contribution in [2.75, 3.05) is 6.61 Å². The number of hydrogen-bond acceptors (Lipinski definition) is 4. The number of nitrogens with zero attached hydrogens (tertiary/aromatic N) is 1. The van der Waals surface area contributed by atoms with Crippen molar-refractivity contribution in [3.8, 4) is 11.8 Å². The number of hydrogen-bond donors (Lipinski definition) is 2. The van der Waals surface area contributed by atoms with Crippen molar-refractivity contribution in [3.63, 3.8) is 0 Å². The molecule has 0 radical (unpaired) electrons. The third-order valence-corrected chi connectivity index (χ3v) is 4.35. The van der Waals surface area contributed by atoms with Gasteiger partial charge in [-0.25, -0.2) is 0 Å². The Bertz CT molecular complexity index is 662. The van der Waals surface area contributed by atoms with E-state index >= 15 is 0 Å². The number of ether oxygens (including phenoxy) is 1. The highest BCUT2D eigenvalue weighted by molar-refractivity contribution is 6.31. The molecule has 3 N–H and O–H groups in total. The third kappa shape index (κ3) is 4.62. The van der Waals surface area contributed by atoms with E-state index in [9.17, 15) is 14.9 Å². The molecule has 0 spiro atoms. The number of rotatable bonds is 5. The van der Waals surface area contributed by atoms with Crippen molar-refractivity contribution in [3.05, 3.63) is 28.8 Å². The van der Waals surface area contributed by atoms with Crippen LogP contribution >= 0.6 is 11.6 Å². The van der Waals surface area contributed by atoms with Crippen LogP contribution in [0.25, 0.3) is 0 Å². The molecule has 128 valence electrons. The summed E-state index contributed by atoms with van der Waals surface area (Å²) in [7, 11) is 0. The summed E-state index contributed by atoms with van der Waals surface area (Å²) in [6, 6.07) is 6.67. The second kappa shape index (κ2) is 8.02. The van der Waals surface area contributed by atoms with Gasteiger partial charge in [-0.15, -0.1) is 0 Å². The predicted octanol–water partition coefficient (Wildman–Crippen LogP) is 2.55. The first kappa shape index (κ1) is 18.1. The van der Waals surface area contributed by atoms with Gasteiger partial charge in [0.05, 0.1) is 11.6 Å². The zero-order chi connectivity index (χ0) is 17.6. The Labute approximate surface area is 145 Å². The van der Waals surface area contributed by atoms with E-state index in [0.29, 0.717) is 17.9 Å². The van der Waals surface area contributed by atoms with Crippen LogP contribution < -0.4 is 15.8 Å². The Morgan fingerprint density at radius 2 is 1.96 bits per heavy atom. The van der Waals surface area contributed by atoms with E-state index in [1.165, 1.54) is 12.1 Å². The highest BCUT2D eigenvalue weighted by atomic mass is 35.5. The molecule has 0 aromatic heterocycles. The fourth-order valence-corrected chi connectivity index (χ4v) is 3.04. The molecule has 0 unspecified atom stereocenters. The molecule has 0 saturated heterocycles. The number of carbonyl (C=O) groups is 2. The van der Waals surface area contributed by atoms with Crippen molar-refractivity contribution in [2.45, 2.75) is 44.1 Å². The van der Waals surface area contributed by atoms with Crippen LogP contribution in [0.1, 0.15) is 48.9 Å². The first-order chi connectivity index (χ1) is 11.5. The molecule has 0 atom stereocenters. The van der Waals surface area contributed by atoms with E-state index in [1.807, 2.05) is 0 Å². The van der Waals surface area contributed by atoms with Crippen molar-refractivity contribution in [2.24, 2.45) is 5.73 Å². The van der Waals surface area contributed by atoms with Crippen molar-refractivity contribution < 1.29 is 14.3 Å². The van der Waals surface area contributed by atoms with Crippen LogP contribution in [0.2, 0.25) is 5.02 Å². The standard InChI is InChI=1S/C17H20ClN3O3/c18-12-5-6-14(13(9-12)16(20)23)24-10-15(22)21-17(11-19)7-3-1-2-4-8-17/h5-6,9H,1-4,7-8,10H2,(H2,20,23)(H,21,22). The SMILES string of the molecule is N#CC1(NC(=O)COc2ccc(Cl)cc2C(N)=O)CCCCCC1. The fourth-order valence-electron chi connectivity index (χ4n) is 2.86. The molecule has 1 aliphatic rings. The maximum Gasteiger partial charge on any atom is 0.259 e. The van der Waals surface area contributed by atoms with Gasteiger partial charge in [0.1, 0.15) is 11.3 Å². The summed E-state index contributed by atoms with van der Waals surface area (Å²) >= 11 is 5.83. The molecule has 0 aliphatic heterocycles. The van der Waals surface area contributed by atoms with Crippen LogP contribution in [0.15, 0.2) is 18.2 Å². The Balaban J connectivity index is 2.00. The molecule has 24 heavy (non-hydrogen) atoms. The van der Waals surface area contributed by atoms with Crippen LogP contribution in [-0.4, -0.2) is 24.0 Å². The second-order valence-electron chi connectivity index (χ2n) is 5.95. The highest BCUT2D eigenvalue weighted by Crippen LogP contribution is 2.27. The summed E-state index contributed by atoms with van der Waals surface area (Å²) < 4.78 is 5.40. The lowest BCUT2D eigenvalue weighted by Gasteiger charge is -2.26. The largest absolute Gasteiger partial charge is 0.483 e. The molecule has 1 aromatic carbocycles. The summed E-state index contributed by atoms with van der Waals surface area (Å²) in [4.78, 5) is 23.6. The summed E-state index contributed by atoms with van der Waals surface area (Å²) in [6.07, 6.45) is 5.26. The number of primary amides is 1. The summed E-state index contributed by atoms with van der Waals surface area (Å²) in [5.74, 6) is -0.900. The lowest BCUT2D eigenvalue weighted by molar-refractivity contribution is -0.124. The molecule has 6 nitrogen and oxygen atoms in total. The number of nitrogens with one attached hydrogen (secondary N) is 1. The van der Waals surface area contributed by atoms with Gasteiger partial charge in [0.15, 0.2) is 6.61 Å². The molecule has 1 fully saturated rings. The summed E-state index contributed by atoms with van der Waals surface area (Å²) in [6.45, 7) is -0.300. The monoisotopic (exact) mass is 349 g/mol. The number of nitriles is 1. The molecule has 0 bridgehead atoms. The Morgan fingerprint density at radius 3 is 2.54 bits per heavy atom. The minimum atomic E-state index is -0.830. The molecule has 0 heterocycles. The van der Waals surface area contributed by atoms with Crippen LogP contribution in [0.3, 0.4) is 0 Å². The van der Waals surface area contributed by atoms with Crippen LogP contribution in [-0.2, 0) is 4.79 Å². The zero-order valence-corrected chi connectivity index (χ0v) is 14.1. The van der Waals surface area contributed by atoms with Gasteiger partial charge in [-0.2, -0.15) is 5.26 Å². The van der Waals surface area contributed by atoms with Gasteiger partial charge in [0, 0.05) is 5.02 Å². The van der Waals surface area contributed by atoms with Crippen LogP contribution in [0.4, 0.5) is 0 Å². The number of halogens is 1. The molecule has 2 rings (SSSR count). The second-order valence-corrected chi connectivity index (χ2v) is 6.39. The van der Waals surface area contributed by atoms with Gasteiger partial charge in [0.2, 0.25) is 0 Å². The summed E-state index contributed by atoms with van der Waals surface area (Å²) in [5.41, 5.74) is 4.56. The average molecular weight is 350 g/mol. The van der Waals surface area contributed by atoms with Gasteiger partial charge in [-0.1, -0.05) is 37.3 Å². The van der Waals surface area contributed by atoms with Gasteiger partial charge in [-0.3, -0.25) is 9.59 Å². The molecule has 1 aromatic rings. The average Bonchev–Trinajstić information content (AvgIpc) is 2.79. The first-order valence-corrected chi connectivity index (χ1v) is 8.28. The van der Waals surface area contributed by atoms with E-state index < -0.39 is 17.4 Å². The third-order valence-electron chi connectivity index (χ3n) is 4.12. The van der Waals surface area contributed by atoms with Crippen molar-refractivity contribution in [1.82, 2.24) is 5.32 Å². The normalized spacial score (nSPS) is 16.5. The van der Waals surface area contributed by atoms with Crippen molar-refractivity contribution in [1.29, 1.82) is 5.26 Å². The number of carbonyl (C=O) groups excluding carboxylic acids is 2. The smallest absolute Gasteiger partial charge is 0.259 e. The Kier molecular flexibility index (Phi) is 6.04. The van der Waals surface area contributed by atoms with Crippen molar-refractivity contribution >= 4 is 23.4 Å². The number of benzene rings is 1. The zero-order valence-electron chi connectivity index (χ0n) is 13.3. The number of amides is 2. The predicted molar refractivity (Wildman–Crippen MR) is 89.7 cm³/mol. The maximum atomic E-state index is 12.2. The quantitative estimate of drug-likeness (QED) is 0.797. The lowest BCUT2D eigenvalue weighted by atomic mass is 9.92. The molecular weight excluding hydrogens is 330 g/mol. The lowest BCUT2D eigenvalue weighted by Crippen LogP contribution is -2.48. The maximum absolute atomic E-state index is 12.2. The topological polar surface area (TPSA) is 105 Å². The minimum absolute atomic E-state index is 0.111. The molecular formula is C17H20ClN3O3.